The fourth-order valence-corrected chi connectivity index (χ4v) is 2.01. The number of unbranched alkanes of at least 4 members (excludes halogenated alkanes) is 1. The molecule has 0 radical (unpaired) electrons. The van der Waals surface area contributed by atoms with Crippen molar-refractivity contribution in [2.45, 2.75) is 39.7 Å². The van der Waals surface area contributed by atoms with Crippen LogP contribution < -0.4 is 0 Å². The van der Waals surface area contributed by atoms with Crippen LogP contribution in [0.4, 0.5) is 0 Å². The first kappa shape index (κ1) is 28.7. The van der Waals surface area contributed by atoms with Gasteiger partial charge < -0.3 is 37.9 Å². The maximum absolute atomic E-state index is 5.43. The summed E-state index contributed by atoms with van der Waals surface area (Å²) in [7, 11) is 0. The first-order valence-corrected chi connectivity index (χ1v) is 10.9. The minimum absolute atomic E-state index is 0.244. The molecule has 176 valence electrons. The minimum atomic E-state index is 0.244. The van der Waals surface area contributed by atoms with Crippen molar-refractivity contribution in [3.63, 3.8) is 0 Å². The van der Waals surface area contributed by atoms with Crippen LogP contribution in [0.3, 0.4) is 0 Å². The molecule has 0 unspecified atom stereocenters. The molecule has 0 saturated heterocycles. The summed E-state index contributed by atoms with van der Waals surface area (Å²) in [4.78, 5) is 0. The van der Waals surface area contributed by atoms with Crippen LogP contribution in [0, 0.1) is 0 Å². The zero-order valence-electron chi connectivity index (χ0n) is 18.9. The molecular formula is C21H44O8. The smallest absolute Gasteiger partial charge is 0.0703 e. The van der Waals surface area contributed by atoms with Crippen molar-refractivity contribution >= 4 is 0 Å². The molecule has 0 aromatic rings. The lowest BCUT2D eigenvalue weighted by atomic mass is 10.4. The van der Waals surface area contributed by atoms with Crippen molar-refractivity contribution < 1.29 is 37.9 Å². The van der Waals surface area contributed by atoms with Gasteiger partial charge in [-0.15, -0.1) is 0 Å². The molecule has 29 heavy (non-hydrogen) atoms. The Kier molecular flexibility index (Phi) is 25.4. The summed E-state index contributed by atoms with van der Waals surface area (Å²) >= 11 is 0. The molecule has 0 amide bonds. The van der Waals surface area contributed by atoms with Crippen LogP contribution in [-0.2, 0) is 37.9 Å². The van der Waals surface area contributed by atoms with E-state index in [1.165, 1.54) is 0 Å². The Morgan fingerprint density at radius 3 is 0.966 bits per heavy atom. The van der Waals surface area contributed by atoms with Crippen molar-refractivity contribution in [3.05, 3.63) is 0 Å². The van der Waals surface area contributed by atoms with Gasteiger partial charge in [0.2, 0.25) is 0 Å². The van der Waals surface area contributed by atoms with Crippen LogP contribution in [-0.4, -0.2) is 105 Å². The predicted octanol–water partition coefficient (Wildman–Crippen LogP) is 2.33. The second kappa shape index (κ2) is 25.7. The molecule has 0 aromatic carbocycles. The molecule has 8 nitrogen and oxygen atoms in total. The molecule has 0 heterocycles. The average Bonchev–Trinajstić information content (AvgIpc) is 2.71. The van der Waals surface area contributed by atoms with Gasteiger partial charge in [0, 0.05) is 6.61 Å². The van der Waals surface area contributed by atoms with Gasteiger partial charge in [0.25, 0.3) is 0 Å². The van der Waals surface area contributed by atoms with Crippen LogP contribution in [0.15, 0.2) is 0 Å². The van der Waals surface area contributed by atoms with Crippen LogP contribution in [0.25, 0.3) is 0 Å². The van der Waals surface area contributed by atoms with E-state index < -0.39 is 0 Å². The molecular weight excluding hydrogens is 380 g/mol. The number of hydrogen-bond acceptors (Lipinski definition) is 8. The Morgan fingerprint density at radius 1 is 0.414 bits per heavy atom. The fraction of sp³-hybridized carbons (Fsp3) is 1.00. The van der Waals surface area contributed by atoms with Crippen LogP contribution in [0.5, 0.6) is 0 Å². The van der Waals surface area contributed by atoms with Crippen LogP contribution >= 0.6 is 0 Å². The first-order chi connectivity index (χ1) is 14.3. The molecule has 0 fully saturated rings. The highest BCUT2D eigenvalue weighted by Gasteiger charge is 1.95. The van der Waals surface area contributed by atoms with Crippen LogP contribution in [0.2, 0.25) is 0 Å². The van der Waals surface area contributed by atoms with E-state index in [-0.39, 0.29) is 6.10 Å². The van der Waals surface area contributed by atoms with Crippen LogP contribution in [0.1, 0.15) is 33.6 Å². The molecule has 0 aromatic heterocycles. The van der Waals surface area contributed by atoms with Crippen molar-refractivity contribution in [2.75, 3.05) is 99.1 Å². The van der Waals surface area contributed by atoms with Gasteiger partial charge in [-0.2, -0.15) is 0 Å². The Bertz CT molecular complexity index is 292. The highest BCUT2D eigenvalue weighted by atomic mass is 16.6. The third-order valence-electron chi connectivity index (χ3n) is 3.55. The Labute approximate surface area is 177 Å². The topological polar surface area (TPSA) is 73.8 Å². The number of ether oxygens (including phenoxy) is 8. The first-order valence-electron chi connectivity index (χ1n) is 10.9. The van der Waals surface area contributed by atoms with Gasteiger partial charge in [-0.3, -0.25) is 0 Å². The SMILES string of the molecule is CCCCOCCOCCOCCOCCOCCOCCOCCOC(C)C. The Morgan fingerprint density at radius 2 is 0.690 bits per heavy atom. The number of hydrogen-bond donors (Lipinski definition) is 0. The maximum atomic E-state index is 5.43. The summed E-state index contributed by atoms with van der Waals surface area (Å²) in [5.41, 5.74) is 0. The lowest BCUT2D eigenvalue weighted by molar-refractivity contribution is -0.0255. The maximum Gasteiger partial charge on any atom is 0.0703 e. The van der Waals surface area contributed by atoms with Gasteiger partial charge in [-0.1, -0.05) is 13.3 Å². The van der Waals surface area contributed by atoms with E-state index in [4.69, 9.17) is 37.9 Å². The molecule has 0 saturated carbocycles. The molecule has 0 rings (SSSR count). The van der Waals surface area contributed by atoms with E-state index in [1.807, 2.05) is 13.8 Å². The predicted molar refractivity (Wildman–Crippen MR) is 112 cm³/mol. The van der Waals surface area contributed by atoms with E-state index in [9.17, 15) is 0 Å². The Balaban J connectivity index is 2.98. The van der Waals surface area contributed by atoms with E-state index in [2.05, 4.69) is 6.92 Å². The molecule has 0 N–H and O–H groups in total. The fourth-order valence-electron chi connectivity index (χ4n) is 2.01. The van der Waals surface area contributed by atoms with Gasteiger partial charge in [0.1, 0.15) is 0 Å². The number of rotatable bonds is 25. The lowest BCUT2D eigenvalue weighted by Crippen LogP contribution is -2.15. The van der Waals surface area contributed by atoms with Gasteiger partial charge in [-0.25, -0.2) is 0 Å². The highest BCUT2D eigenvalue weighted by molar-refractivity contribution is 4.39. The third-order valence-corrected chi connectivity index (χ3v) is 3.55. The van der Waals surface area contributed by atoms with E-state index in [1.54, 1.807) is 0 Å². The van der Waals surface area contributed by atoms with Crippen molar-refractivity contribution in [3.8, 4) is 0 Å². The summed E-state index contributed by atoms with van der Waals surface area (Å²) in [6, 6.07) is 0. The zero-order chi connectivity index (χ0) is 21.3. The standard InChI is InChI=1S/C21H44O8/c1-4-5-6-22-7-8-23-9-10-24-11-12-25-13-14-26-15-16-27-17-18-28-19-20-29-21(2)3/h21H,4-20H2,1-3H3. The highest BCUT2D eigenvalue weighted by Crippen LogP contribution is 1.89. The van der Waals surface area contributed by atoms with Crippen molar-refractivity contribution in [1.82, 2.24) is 0 Å². The summed E-state index contributed by atoms with van der Waals surface area (Å²) in [5, 5.41) is 0. The monoisotopic (exact) mass is 424 g/mol. The largest absolute Gasteiger partial charge is 0.379 e. The zero-order valence-corrected chi connectivity index (χ0v) is 18.9. The second-order valence-electron chi connectivity index (χ2n) is 6.56. The molecule has 8 heteroatoms. The van der Waals surface area contributed by atoms with E-state index in [0.717, 1.165) is 19.4 Å². The quantitative estimate of drug-likeness (QED) is 0.207. The second-order valence-corrected chi connectivity index (χ2v) is 6.56. The van der Waals surface area contributed by atoms with Crippen molar-refractivity contribution in [2.24, 2.45) is 0 Å². The van der Waals surface area contributed by atoms with Gasteiger partial charge >= 0.3 is 0 Å². The summed E-state index contributed by atoms with van der Waals surface area (Å²) in [6.45, 7) is 15.1. The van der Waals surface area contributed by atoms with E-state index in [0.29, 0.717) is 92.5 Å². The average molecular weight is 425 g/mol. The van der Waals surface area contributed by atoms with Gasteiger partial charge in [0.05, 0.1) is 98.6 Å². The normalized spacial score (nSPS) is 11.6. The Hall–Kier alpha value is -0.320. The summed E-state index contributed by atoms with van der Waals surface area (Å²) in [5.74, 6) is 0. The van der Waals surface area contributed by atoms with Crippen molar-refractivity contribution in [1.29, 1.82) is 0 Å². The van der Waals surface area contributed by atoms with Gasteiger partial charge in [0.15, 0.2) is 0 Å². The molecule has 0 aliphatic rings. The molecule has 0 spiro atoms. The molecule has 0 aliphatic heterocycles. The summed E-state index contributed by atoms with van der Waals surface area (Å²) in [6.07, 6.45) is 2.50. The van der Waals surface area contributed by atoms with Gasteiger partial charge in [-0.05, 0) is 20.3 Å². The van der Waals surface area contributed by atoms with E-state index >= 15 is 0 Å². The molecule has 0 atom stereocenters. The molecule has 0 aliphatic carbocycles. The molecule has 0 bridgehead atoms. The lowest BCUT2D eigenvalue weighted by Gasteiger charge is -2.09. The third kappa shape index (κ3) is 27.7. The summed E-state index contributed by atoms with van der Waals surface area (Å²) < 4.78 is 43.3. The minimum Gasteiger partial charge on any atom is -0.379 e.